The monoisotopic (exact) mass is 264 g/mol. The molecule has 0 aliphatic heterocycles. The predicted octanol–water partition coefficient (Wildman–Crippen LogP) is 3.24. The largest absolute Gasteiger partial charge is 0.486 e. The number of hydrogen-bond donors (Lipinski definition) is 1. The van der Waals surface area contributed by atoms with Crippen LogP contribution in [0.4, 0.5) is 8.78 Å². The van der Waals surface area contributed by atoms with E-state index in [1.807, 2.05) is 0 Å². The minimum atomic E-state index is -1.36. The maximum Gasteiger partial charge on any atom is 0.338 e. The number of halogens is 2. The number of ether oxygens (including phenoxy) is 1. The van der Waals surface area contributed by atoms with Crippen LogP contribution in [0.1, 0.15) is 15.9 Å². The number of carbonyl (C=O) groups is 1. The van der Waals surface area contributed by atoms with Gasteiger partial charge in [0.15, 0.2) is 11.6 Å². The zero-order valence-corrected chi connectivity index (χ0v) is 9.77. The molecule has 0 saturated carbocycles. The second-order valence-corrected chi connectivity index (χ2v) is 3.84. The average Bonchev–Trinajstić information content (AvgIpc) is 2.39. The Labute approximate surface area is 108 Å². The molecule has 0 aliphatic rings. The Balaban J connectivity index is 2.14. The van der Waals surface area contributed by atoms with Gasteiger partial charge >= 0.3 is 5.97 Å². The van der Waals surface area contributed by atoms with Gasteiger partial charge in [-0.2, -0.15) is 0 Å². The number of benzene rings is 2. The maximum atomic E-state index is 13.3. The third-order valence-electron chi connectivity index (χ3n) is 2.49. The van der Waals surface area contributed by atoms with E-state index in [9.17, 15) is 13.6 Å². The fraction of sp³-hybridized carbons (Fsp3) is 0.0714. The van der Waals surface area contributed by atoms with Gasteiger partial charge in [0.05, 0.1) is 5.56 Å². The summed E-state index contributed by atoms with van der Waals surface area (Å²) in [4.78, 5) is 10.8. The van der Waals surface area contributed by atoms with Gasteiger partial charge in [-0.15, -0.1) is 0 Å². The van der Waals surface area contributed by atoms with Crippen molar-refractivity contribution in [1.29, 1.82) is 0 Å². The summed E-state index contributed by atoms with van der Waals surface area (Å²) in [7, 11) is 0. The van der Waals surface area contributed by atoms with E-state index in [2.05, 4.69) is 0 Å². The fourth-order valence-corrected chi connectivity index (χ4v) is 1.55. The zero-order valence-electron chi connectivity index (χ0n) is 9.77. The van der Waals surface area contributed by atoms with Crippen molar-refractivity contribution >= 4 is 5.97 Å². The van der Waals surface area contributed by atoms with Crippen LogP contribution in [0.5, 0.6) is 5.75 Å². The summed E-state index contributed by atoms with van der Waals surface area (Å²) in [5, 5.41) is 8.78. The lowest BCUT2D eigenvalue weighted by atomic mass is 10.1. The number of hydrogen-bond acceptors (Lipinski definition) is 2. The van der Waals surface area contributed by atoms with Crippen molar-refractivity contribution < 1.29 is 23.4 Å². The van der Waals surface area contributed by atoms with E-state index in [0.717, 1.165) is 6.07 Å². The van der Waals surface area contributed by atoms with Crippen molar-refractivity contribution in [3.05, 3.63) is 65.2 Å². The van der Waals surface area contributed by atoms with Crippen molar-refractivity contribution in [3.63, 3.8) is 0 Å². The molecule has 0 radical (unpaired) electrons. The van der Waals surface area contributed by atoms with Crippen LogP contribution in [0.15, 0.2) is 42.5 Å². The van der Waals surface area contributed by atoms with Gasteiger partial charge in [0.1, 0.15) is 12.4 Å². The first-order valence-corrected chi connectivity index (χ1v) is 5.47. The summed E-state index contributed by atoms with van der Waals surface area (Å²) in [6, 6.07) is 9.46. The highest BCUT2D eigenvalue weighted by atomic mass is 19.1. The molecular formula is C14H10F2O3. The number of carboxylic acids is 1. The molecule has 2 aromatic rings. The van der Waals surface area contributed by atoms with Crippen LogP contribution in [0.25, 0.3) is 0 Å². The van der Waals surface area contributed by atoms with E-state index in [4.69, 9.17) is 9.84 Å². The molecule has 0 aromatic heterocycles. The summed E-state index contributed by atoms with van der Waals surface area (Å²) >= 11 is 0. The van der Waals surface area contributed by atoms with Gasteiger partial charge in [-0.05, 0) is 29.8 Å². The van der Waals surface area contributed by atoms with Crippen molar-refractivity contribution in [2.75, 3.05) is 0 Å². The molecule has 0 spiro atoms. The molecule has 0 heterocycles. The quantitative estimate of drug-likeness (QED) is 0.922. The Morgan fingerprint density at radius 3 is 2.53 bits per heavy atom. The smallest absolute Gasteiger partial charge is 0.338 e. The highest BCUT2D eigenvalue weighted by Crippen LogP contribution is 2.18. The number of rotatable bonds is 4. The molecule has 1 N–H and O–H groups in total. The summed E-state index contributed by atoms with van der Waals surface area (Å²) < 4.78 is 31.7. The average molecular weight is 264 g/mol. The van der Waals surface area contributed by atoms with Gasteiger partial charge in [0.2, 0.25) is 0 Å². The van der Waals surface area contributed by atoms with Gasteiger partial charge < -0.3 is 9.84 Å². The lowest BCUT2D eigenvalue weighted by molar-refractivity contribution is 0.0691. The van der Waals surface area contributed by atoms with Gasteiger partial charge in [-0.25, -0.2) is 13.6 Å². The Kier molecular flexibility index (Phi) is 3.75. The van der Waals surface area contributed by atoms with Crippen LogP contribution in [0, 0.1) is 11.6 Å². The van der Waals surface area contributed by atoms with Gasteiger partial charge in [0, 0.05) is 0 Å². The van der Waals surface area contributed by atoms with Crippen molar-refractivity contribution in [1.82, 2.24) is 0 Å². The molecule has 2 aromatic carbocycles. The Bertz CT molecular complexity index is 611. The summed E-state index contributed by atoms with van der Waals surface area (Å²) in [5.74, 6) is -2.63. The number of aromatic carboxylic acids is 1. The molecule has 0 fully saturated rings. The minimum absolute atomic E-state index is 0.0402. The summed E-state index contributed by atoms with van der Waals surface area (Å²) in [6.07, 6.45) is 0. The van der Waals surface area contributed by atoms with E-state index >= 15 is 0 Å². The molecule has 2 rings (SSSR count). The first kappa shape index (κ1) is 13.0. The Morgan fingerprint density at radius 2 is 1.84 bits per heavy atom. The zero-order chi connectivity index (χ0) is 13.8. The standard InChI is InChI=1S/C14H10F2O3/c15-11-6-5-9(7-10(11)14(17)18)8-19-13-4-2-1-3-12(13)16/h1-7H,8H2,(H,17,18). The molecule has 0 atom stereocenters. The van der Waals surface area contributed by atoms with E-state index in [1.165, 1.54) is 30.3 Å². The van der Waals surface area contributed by atoms with Crippen molar-refractivity contribution in [3.8, 4) is 5.75 Å². The molecule has 0 saturated heterocycles. The molecule has 0 bridgehead atoms. The molecule has 0 aliphatic carbocycles. The minimum Gasteiger partial charge on any atom is -0.486 e. The Hall–Kier alpha value is -2.43. The SMILES string of the molecule is O=C(O)c1cc(COc2ccccc2F)ccc1F. The van der Waals surface area contributed by atoms with E-state index in [1.54, 1.807) is 6.07 Å². The molecule has 98 valence electrons. The normalized spacial score (nSPS) is 10.2. The molecule has 3 nitrogen and oxygen atoms in total. The van der Waals surface area contributed by atoms with Crippen molar-refractivity contribution in [2.24, 2.45) is 0 Å². The van der Waals surface area contributed by atoms with Gasteiger partial charge in [-0.1, -0.05) is 18.2 Å². The lowest BCUT2D eigenvalue weighted by Gasteiger charge is -2.08. The number of para-hydroxylation sites is 1. The third-order valence-corrected chi connectivity index (χ3v) is 2.49. The highest BCUT2D eigenvalue weighted by Gasteiger charge is 2.11. The summed E-state index contributed by atoms with van der Waals surface area (Å²) in [5.41, 5.74) is 0.0108. The van der Waals surface area contributed by atoms with Crippen molar-refractivity contribution in [2.45, 2.75) is 6.61 Å². The maximum absolute atomic E-state index is 13.3. The topological polar surface area (TPSA) is 46.5 Å². The highest BCUT2D eigenvalue weighted by molar-refractivity contribution is 5.88. The van der Waals surface area contributed by atoms with E-state index in [0.29, 0.717) is 5.56 Å². The Morgan fingerprint density at radius 1 is 1.11 bits per heavy atom. The first-order chi connectivity index (χ1) is 9.08. The molecule has 5 heteroatoms. The van der Waals surface area contributed by atoms with E-state index in [-0.39, 0.29) is 12.4 Å². The van der Waals surface area contributed by atoms with Crippen LogP contribution in [0.3, 0.4) is 0 Å². The van der Waals surface area contributed by atoms with Crippen LogP contribution >= 0.6 is 0 Å². The van der Waals surface area contributed by atoms with E-state index < -0.39 is 23.2 Å². The van der Waals surface area contributed by atoms with Gasteiger partial charge in [-0.3, -0.25) is 0 Å². The predicted molar refractivity (Wildman–Crippen MR) is 64.1 cm³/mol. The van der Waals surface area contributed by atoms with Crippen LogP contribution in [-0.4, -0.2) is 11.1 Å². The fourth-order valence-electron chi connectivity index (χ4n) is 1.55. The van der Waals surface area contributed by atoms with Gasteiger partial charge in [0.25, 0.3) is 0 Å². The molecule has 0 amide bonds. The second kappa shape index (κ2) is 5.48. The van der Waals surface area contributed by atoms with Crippen LogP contribution < -0.4 is 4.74 Å². The molecule has 0 unspecified atom stereocenters. The second-order valence-electron chi connectivity index (χ2n) is 3.84. The molecule has 19 heavy (non-hydrogen) atoms. The number of carboxylic acid groups (broad SMARTS) is 1. The lowest BCUT2D eigenvalue weighted by Crippen LogP contribution is -2.04. The first-order valence-electron chi connectivity index (χ1n) is 5.47. The van der Waals surface area contributed by atoms with Crippen LogP contribution in [0.2, 0.25) is 0 Å². The third kappa shape index (κ3) is 3.07. The molecular weight excluding hydrogens is 254 g/mol. The summed E-state index contributed by atoms with van der Waals surface area (Å²) in [6.45, 7) is -0.0402. The van der Waals surface area contributed by atoms with Crippen LogP contribution in [-0.2, 0) is 6.61 Å².